The summed E-state index contributed by atoms with van der Waals surface area (Å²) in [7, 11) is 3.02. The van der Waals surface area contributed by atoms with Crippen LogP contribution in [0, 0.1) is 5.41 Å². The molecule has 7 heteroatoms. The normalized spacial score (nSPS) is 17.5. The fraction of sp³-hybridized carbons (Fsp3) is 0.345. The maximum Gasteiger partial charge on any atom is 0.340 e. The molecule has 0 amide bonds. The number of methoxy groups -OCH3 is 2. The maximum atomic E-state index is 13.0. The van der Waals surface area contributed by atoms with Gasteiger partial charge in [0.2, 0.25) is 11.5 Å². The average Bonchev–Trinajstić information content (AvgIpc) is 2.87. The summed E-state index contributed by atoms with van der Waals surface area (Å²) in [5.74, 6) is 1.36. The predicted molar refractivity (Wildman–Crippen MR) is 139 cm³/mol. The van der Waals surface area contributed by atoms with E-state index in [4.69, 9.17) is 23.4 Å². The molecule has 0 saturated heterocycles. The Bertz CT molecular complexity index is 1400. The summed E-state index contributed by atoms with van der Waals surface area (Å²) in [6.45, 7) is 15.6. The van der Waals surface area contributed by atoms with Crippen molar-refractivity contribution >= 4 is 11.0 Å². The van der Waals surface area contributed by atoms with Gasteiger partial charge in [-0.25, -0.2) is 4.79 Å². The van der Waals surface area contributed by atoms with E-state index in [1.807, 2.05) is 27.7 Å². The van der Waals surface area contributed by atoms with Gasteiger partial charge in [0.1, 0.15) is 6.10 Å². The Balaban J connectivity index is 1.97. The van der Waals surface area contributed by atoms with Crippen LogP contribution in [-0.2, 0) is 5.41 Å². The summed E-state index contributed by atoms with van der Waals surface area (Å²) < 4.78 is 29.9. The van der Waals surface area contributed by atoms with Crippen molar-refractivity contribution in [3.8, 4) is 28.7 Å². The van der Waals surface area contributed by atoms with Gasteiger partial charge in [-0.1, -0.05) is 45.9 Å². The van der Waals surface area contributed by atoms with Crippen LogP contribution in [0.5, 0.6) is 28.7 Å². The average molecular weight is 493 g/mol. The van der Waals surface area contributed by atoms with Gasteiger partial charge >= 0.3 is 5.63 Å². The van der Waals surface area contributed by atoms with Gasteiger partial charge in [-0.05, 0) is 24.3 Å². The zero-order valence-electron chi connectivity index (χ0n) is 21.5. The third-order valence-electron chi connectivity index (χ3n) is 6.88. The second-order valence-electron chi connectivity index (χ2n) is 10.1. The molecule has 3 aromatic rings. The fourth-order valence-corrected chi connectivity index (χ4v) is 4.27. The lowest BCUT2D eigenvalue weighted by molar-refractivity contribution is -0.0315. The van der Waals surface area contributed by atoms with E-state index in [0.717, 1.165) is 5.56 Å². The SMILES string of the molecule is C=CC(C)(C)c1cc2cc(OC)c3c(c2oc1=O)OC(C(C)(C)C=C)C(c1ccc(O)c(OC)c1)O3. The van der Waals surface area contributed by atoms with E-state index in [-0.39, 0.29) is 17.1 Å². The van der Waals surface area contributed by atoms with Crippen LogP contribution < -0.4 is 24.6 Å². The molecule has 0 fully saturated rings. The molecule has 2 heterocycles. The number of hydrogen-bond acceptors (Lipinski definition) is 7. The van der Waals surface area contributed by atoms with Crippen molar-refractivity contribution in [3.63, 3.8) is 0 Å². The molecule has 1 aliphatic heterocycles. The quantitative estimate of drug-likeness (QED) is 0.316. The van der Waals surface area contributed by atoms with Crippen molar-refractivity contribution in [2.45, 2.75) is 45.3 Å². The van der Waals surface area contributed by atoms with Crippen molar-refractivity contribution < 1.29 is 28.5 Å². The van der Waals surface area contributed by atoms with E-state index >= 15 is 0 Å². The highest BCUT2D eigenvalue weighted by Gasteiger charge is 2.44. The number of allylic oxidation sites excluding steroid dienone is 1. The summed E-state index contributed by atoms with van der Waals surface area (Å²) in [5, 5.41) is 10.7. The second kappa shape index (κ2) is 8.97. The highest BCUT2D eigenvalue weighted by molar-refractivity contribution is 5.89. The molecule has 2 aromatic carbocycles. The van der Waals surface area contributed by atoms with E-state index in [0.29, 0.717) is 28.2 Å². The smallest absolute Gasteiger partial charge is 0.340 e. The van der Waals surface area contributed by atoms with E-state index in [1.54, 1.807) is 42.5 Å². The van der Waals surface area contributed by atoms with Crippen molar-refractivity contribution in [3.05, 3.63) is 77.2 Å². The number of fused-ring (bicyclic) bond motifs is 3. The molecule has 4 rings (SSSR count). The van der Waals surface area contributed by atoms with E-state index in [1.165, 1.54) is 14.2 Å². The molecular weight excluding hydrogens is 460 g/mol. The highest BCUT2D eigenvalue weighted by Crippen LogP contribution is 2.53. The Morgan fingerprint density at radius 3 is 2.25 bits per heavy atom. The molecule has 1 N–H and O–H groups in total. The summed E-state index contributed by atoms with van der Waals surface area (Å²) >= 11 is 0. The monoisotopic (exact) mass is 492 g/mol. The minimum atomic E-state index is -0.614. The Labute approximate surface area is 210 Å². The van der Waals surface area contributed by atoms with Gasteiger partial charge in [-0.3, -0.25) is 0 Å². The van der Waals surface area contributed by atoms with Gasteiger partial charge in [0.15, 0.2) is 28.9 Å². The number of ether oxygens (including phenoxy) is 4. The number of benzene rings is 2. The number of phenolic OH excluding ortho intramolecular Hbond substituents is 1. The topological polar surface area (TPSA) is 87.4 Å². The lowest BCUT2D eigenvalue weighted by Crippen LogP contribution is -2.43. The molecule has 36 heavy (non-hydrogen) atoms. The van der Waals surface area contributed by atoms with Gasteiger partial charge in [-0.15, -0.1) is 13.2 Å². The number of rotatable bonds is 7. The molecule has 0 bridgehead atoms. The molecule has 0 aliphatic carbocycles. The molecule has 1 aliphatic rings. The van der Waals surface area contributed by atoms with Crippen molar-refractivity contribution in [1.29, 1.82) is 0 Å². The minimum absolute atomic E-state index is 0.0153. The van der Waals surface area contributed by atoms with Gasteiger partial charge in [0, 0.05) is 27.3 Å². The van der Waals surface area contributed by atoms with Gasteiger partial charge in [-0.2, -0.15) is 0 Å². The van der Waals surface area contributed by atoms with E-state index in [9.17, 15) is 9.90 Å². The summed E-state index contributed by atoms with van der Waals surface area (Å²) in [5.41, 5.74) is -0.165. The molecule has 0 saturated carbocycles. The van der Waals surface area contributed by atoms with Crippen LogP contribution in [0.3, 0.4) is 0 Å². The Hall–Kier alpha value is -3.87. The molecule has 7 nitrogen and oxygen atoms in total. The van der Waals surface area contributed by atoms with Crippen LogP contribution in [0.25, 0.3) is 11.0 Å². The molecule has 0 radical (unpaired) electrons. The van der Waals surface area contributed by atoms with Gasteiger partial charge in [0.05, 0.1) is 14.2 Å². The zero-order chi connectivity index (χ0) is 26.4. The number of aromatic hydroxyl groups is 1. The number of phenols is 1. The van der Waals surface area contributed by atoms with Crippen LogP contribution in [0.15, 0.2) is 64.9 Å². The Morgan fingerprint density at radius 1 is 0.944 bits per heavy atom. The van der Waals surface area contributed by atoms with Crippen molar-refractivity contribution in [2.75, 3.05) is 14.2 Å². The molecule has 1 aromatic heterocycles. The van der Waals surface area contributed by atoms with Crippen molar-refractivity contribution in [2.24, 2.45) is 5.41 Å². The standard InChI is InChI=1S/C29H32O7/c1-9-28(3,4)18-13-17-15-21(33-8)24-25(22(17)36-27(18)31)35-26(29(5,6)10-2)23(34-24)16-11-12-19(30)20(14-16)32-7/h9-15,23,26,30H,1-2H2,3-8H3. The lowest BCUT2D eigenvalue weighted by atomic mass is 9.80. The van der Waals surface area contributed by atoms with Gasteiger partial charge < -0.3 is 28.5 Å². The molecule has 2 atom stereocenters. The van der Waals surface area contributed by atoms with Crippen LogP contribution >= 0.6 is 0 Å². The maximum absolute atomic E-state index is 13.0. The fourth-order valence-electron chi connectivity index (χ4n) is 4.27. The molecule has 190 valence electrons. The lowest BCUT2D eigenvalue weighted by Gasteiger charge is -2.41. The third-order valence-corrected chi connectivity index (χ3v) is 6.88. The third kappa shape index (κ3) is 4.08. The summed E-state index contributed by atoms with van der Waals surface area (Å²) in [4.78, 5) is 13.0. The summed E-state index contributed by atoms with van der Waals surface area (Å²) in [6.07, 6.45) is 2.32. The Morgan fingerprint density at radius 2 is 1.64 bits per heavy atom. The zero-order valence-corrected chi connectivity index (χ0v) is 21.5. The highest BCUT2D eigenvalue weighted by atomic mass is 16.6. The molecule has 0 spiro atoms. The van der Waals surface area contributed by atoms with Crippen LogP contribution in [-0.4, -0.2) is 25.4 Å². The first-order chi connectivity index (χ1) is 17.0. The number of hydrogen-bond donors (Lipinski definition) is 1. The minimum Gasteiger partial charge on any atom is -0.504 e. The van der Waals surface area contributed by atoms with E-state index in [2.05, 4.69) is 13.2 Å². The Kier molecular flexibility index (Phi) is 6.29. The largest absolute Gasteiger partial charge is 0.504 e. The summed E-state index contributed by atoms with van der Waals surface area (Å²) in [6, 6.07) is 8.54. The van der Waals surface area contributed by atoms with Gasteiger partial charge in [0.25, 0.3) is 0 Å². The second-order valence-corrected chi connectivity index (χ2v) is 10.1. The van der Waals surface area contributed by atoms with Crippen LogP contribution in [0.1, 0.15) is 44.9 Å². The first-order valence-corrected chi connectivity index (χ1v) is 11.6. The van der Waals surface area contributed by atoms with Crippen LogP contribution in [0.4, 0.5) is 0 Å². The first kappa shape index (κ1) is 25.2. The predicted octanol–water partition coefficient (Wildman–Crippen LogP) is 6.07. The molecule has 2 unspecified atom stereocenters. The molecular formula is C29H32O7. The van der Waals surface area contributed by atoms with Crippen LogP contribution in [0.2, 0.25) is 0 Å². The van der Waals surface area contributed by atoms with E-state index < -0.39 is 28.7 Å². The first-order valence-electron chi connectivity index (χ1n) is 11.6. The van der Waals surface area contributed by atoms with Crippen molar-refractivity contribution in [1.82, 2.24) is 0 Å².